The van der Waals surface area contributed by atoms with Crippen molar-refractivity contribution in [1.29, 1.82) is 0 Å². The average molecular weight is 328 g/mol. The zero-order valence-corrected chi connectivity index (χ0v) is 13.3. The van der Waals surface area contributed by atoms with E-state index in [1.165, 1.54) is 11.8 Å². The fourth-order valence-electron chi connectivity index (χ4n) is 1.84. The molecule has 2 aromatic rings. The molecule has 1 fully saturated rings. The van der Waals surface area contributed by atoms with Crippen LogP contribution < -0.4 is 5.32 Å². The number of nitrogens with zero attached hydrogens (tertiary/aromatic N) is 1. The van der Waals surface area contributed by atoms with Gasteiger partial charge in [0.05, 0.1) is 4.91 Å². The van der Waals surface area contributed by atoms with Crippen LogP contribution in [0.4, 0.5) is 0 Å². The largest absolute Gasteiger partial charge is 0.300 e. The lowest BCUT2D eigenvalue weighted by molar-refractivity contribution is -0.115. The minimum absolute atomic E-state index is 0.228. The third-order valence-electron chi connectivity index (χ3n) is 2.97. The molecule has 0 bridgehead atoms. The van der Waals surface area contributed by atoms with Crippen LogP contribution in [0.3, 0.4) is 0 Å². The average Bonchev–Trinajstić information content (AvgIpc) is 3.11. The summed E-state index contributed by atoms with van der Waals surface area (Å²) in [6, 6.07) is 11.0. The van der Waals surface area contributed by atoms with Gasteiger partial charge in [-0.3, -0.25) is 9.59 Å². The standard InChI is InChI=1S/C16H12N2O2S2/c1-10-4-6-11(7-5-10)14(19)17-16-18-15(20)13(22-16)9-12-3-2-8-21-12/h2-9H,1H3,(H,17,18,19,20)/b13-9-. The quantitative estimate of drug-likeness (QED) is 0.859. The van der Waals surface area contributed by atoms with E-state index < -0.39 is 0 Å². The Kier molecular flexibility index (Phi) is 4.22. The molecule has 3 rings (SSSR count). The molecule has 0 spiro atoms. The van der Waals surface area contributed by atoms with Gasteiger partial charge in [0, 0.05) is 10.4 Å². The fourth-order valence-corrected chi connectivity index (χ4v) is 3.38. The lowest BCUT2D eigenvalue weighted by Gasteiger charge is -1.97. The summed E-state index contributed by atoms with van der Waals surface area (Å²) < 4.78 is 0. The number of thioether (sulfide) groups is 1. The van der Waals surface area contributed by atoms with E-state index in [1.54, 1.807) is 29.5 Å². The van der Waals surface area contributed by atoms with Gasteiger partial charge in [-0.05, 0) is 48.3 Å². The van der Waals surface area contributed by atoms with Crippen molar-refractivity contribution >= 4 is 46.2 Å². The highest BCUT2D eigenvalue weighted by Crippen LogP contribution is 2.27. The Bertz CT molecular complexity index is 775. The van der Waals surface area contributed by atoms with Crippen LogP contribution in [0.1, 0.15) is 20.8 Å². The number of carbonyl (C=O) groups excluding carboxylic acids is 2. The number of aliphatic imine (C=N–C) groups is 1. The smallest absolute Gasteiger partial charge is 0.279 e. The number of rotatable bonds is 2. The number of hydrogen-bond acceptors (Lipinski definition) is 4. The second kappa shape index (κ2) is 6.29. The number of amidine groups is 1. The van der Waals surface area contributed by atoms with Gasteiger partial charge in [0.1, 0.15) is 0 Å². The number of amides is 2. The number of nitrogens with one attached hydrogen (secondary N) is 1. The summed E-state index contributed by atoms with van der Waals surface area (Å²) >= 11 is 2.73. The Morgan fingerprint density at radius 1 is 1.23 bits per heavy atom. The molecule has 2 amide bonds. The van der Waals surface area contributed by atoms with Crippen molar-refractivity contribution in [2.75, 3.05) is 0 Å². The number of aryl methyl sites for hydroxylation is 1. The van der Waals surface area contributed by atoms with E-state index in [2.05, 4.69) is 10.3 Å². The molecular formula is C16H12N2O2S2. The first kappa shape index (κ1) is 14.7. The van der Waals surface area contributed by atoms with Crippen LogP contribution >= 0.6 is 23.1 Å². The molecular weight excluding hydrogens is 316 g/mol. The molecule has 6 heteroatoms. The first-order valence-electron chi connectivity index (χ1n) is 6.56. The molecule has 110 valence electrons. The summed E-state index contributed by atoms with van der Waals surface area (Å²) in [5.41, 5.74) is 1.58. The van der Waals surface area contributed by atoms with Crippen molar-refractivity contribution < 1.29 is 9.59 Å². The van der Waals surface area contributed by atoms with Crippen LogP contribution in [0.25, 0.3) is 6.08 Å². The number of hydrogen-bond donors (Lipinski definition) is 1. The second-order valence-electron chi connectivity index (χ2n) is 4.67. The van der Waals surface area contributed by atoms with Gasteiger partial charge in [0.15, 0.2) is 5.17 Å². The summed E-state index contributed by atoms with van der Waals surface area (Å²) in [7, 11) is 0. The van der Waals surface area contributed by atoms with Gasteiger partial charge >= 0.3 is 0 Å². The van der Waals surface area contributed by atoms with E-state index >= 15 is 0 Å². The Balaban J connectivity index is 1.77. The predicted molar refractivity (Wildman–Crippen MR) is 91.0 cm³/mol. The van der Waals surface area contributed by atoms with E-state index in [9.17, 15) is 9.59 Å². The predicted octanol–water partition coefficient (Wildman–Crippen LogP) is 3.46. The Morgan fingerprint density at radius 3 is 2.68 bits per heavy atom. The van der Waals surface area contributed by atoms with Gasteiger partial charge in [-0.15, -0.1) is 11.3 Å². The summed E-state index contributed by atoms with van der Waals surface area (Å²) in [6.45, 7) is 1.95. The van der Waals surface area contributed by atoms with Crippen molar-refractivity contribution in [2.24, 2.45) is 4.99 Å². The van der Waals surface area contributed by atoms with Crippen LogP contribution in [-0.4, -0.2) is 17.0 Å². The SMILES string of the molecule is Cc1ccc(C(=O)N=C2NC(=O)/C(=C/c3cccs3)S2)cc1. The third kappa shape index (κ3) is 3.35. The summed E-state index contributed by atoms with van der Waals surface area (Å²) in [5, 5.41) is 4.88. The van der Waals surface area contributed by atoms with E-state index in [0.29, 0.717) is 15.6 Å². The summed E-state index contributed by atoms with van der Waals surface area (Å²) in [4.78, 5) is 29.5. The van der Waals surface area contributed by atoms with Crippen LogP contribution in [0.5, 0.6) is 0 Å². The molecule has 2 heterocycles. The first-order chi connectivity index (χ1) is 10.6. The van der Waals surface area contributed by atoms with Gasteiger partial charge < -0.3 is 5.32 Å². The fraction of sp³-hybridized carbons (Fsp3) is 0.0625. The lowest BCUT2D eigenvalue weighted by Crippen LogP contribution is -2.20. The number of thiophene rings is 1. The highest BCUT2D eigenvalue weighted by atomic mass is 32.2. The summed E-state index contributed by atoms with van der Waals surface area (Å²) in [6.07, 6.45) is 1.80. The molecule has 1 aliphatic rings. The highest BCUT2D eigenvalue weighted by Gasteiger charge is 2.24. The molecule has 4 nitrogen and oxygen atoms in total. The van der Waals surface area contributed by atoms with Gasteiger partial charge in [-0.2, -0.15) is 4.99 Å². The van der Waals surface area contributed by atoms with Gasteiger partial charge in [0.2, 0.25) is 0 Å². The maximum Gasteiger partial charge on any atom is 0.279 e. The van der Waals surface area contributed by atoms with Gasteiger partial charge in [-0.25, -0.2) is 0 Å². The maximum atomic E-state index is 12.1. The molecule has 0 unspecified atom stereocenters. The van der Waals surface area contributed by atoms with E-state index in [4.69, 9.17) is 0 Å². The van der Waals surface area contributed by atoms with Gasteiger partial charge in [0.25, 0.3) is 11.8 Å². The zero-order chi connectivity index (χ0) is 15.5. The van der Waals surface area contributed by atoms with Crippen LogP contribution in [0.15, 0.2) is 51.7 Å². The van der Waals surface area contributed by atoms with Crippen molar-refractivity contribution in [3.8, 4) is 0 Å². The second-order valence-corrected chi connectivity index (χ2v) is 6.68. The van der Waals surface area contributed by atoms with Crippen molar-refractivity contribution in [2.45, 2.75) is 6.92 Å². The lowest BCUT2D eigenvalue weighted by atomic mass is 10.1. The van der Waals surface area contributed by atoms with Crippen molar-refractivity contribution in [1.82, 2.24) is 5.32 Å². The van der Waals surface area contributed by atoms with E-state index in [0.717, 1.165) is 10.4 Å². The molecule has 1 aliphatic heterocycles. The molecule has 0 atom stereocenters. The van der Waals surface area contributed by atoms with Crippen LogP contribution in [0.2, 0.25) is 0 Å². The normalized spacial score (nSPS) is 18.0. The summed E-state index contributed by atoms with van der Waals surface area (Å²) in [5.74, 6) is -0.589. The molecule has 22 heavy (non-hydrogen) atoms. The molecule has 0 saturated carbocycles. The topological polar surface area (TPSA) is 58.5 Å². The molecule has 1 saturated heterocycles. The molecule has 0 radical (unpaired) electrons. The molecule has 0 aliphatic carbocycles. The Morgan fingerprint density at radius 2 is 2.00 bits per heavy atom. The van der Waals surface area contributed by atoms with Crippen LogP contribution in [0, 0.1) is 6.92 Å². The first-order valence-corrected chi connectivity index (χ1v) is 8.25. The van der Waals surface area contributed by atoms with E-state index in [1.807, 2.05) is 36.6 Å². The van der Waals surface area contributed by atoms with E-state index in [-0.39, 0.29) is 11.8 Å². The Hall–Kier alpha value is -2.18. The third-order valence-corrected chi connectivity index (χ3v) is 4.70. The minimum Gasteiger partial charge on any atom is -0.300 e. The number of benzene rings is 1. The minimum atomic E-state index is -0.361. The van der Waals surface area contributed by atoms with Crippen molar-refractivity contribution in [3.05, 3.63) is 62.7 Å². The van der Waals surface area contributed by atoms with Gasteiger partial charge in [-0.1, -0.05) is 23.8 Å². The Labute approximate surface area is 136 Å². The highest BCUT2D eigenvalue weighted by molar-refractivity contribution is 8.18. The molecule has 1 aromatic heterocycles. The zero-order valence-electron chi connectivity index (χ0n) is 11.7. The maximum absolute atomic E-state index is 12.1. The molecule has 1 N–H and O–H groups in total. The van der Waals surface area contributed by atoms with Crippen molar-refractivity contribution in [3.63, 3.8) is 0 Å². The molecule has 1 aromatic carbocycles. The number of carbonyl (C=O) groups is 2. The van der Waals surface area contributed by atoms with Crippen LogP contribution in [-0.2, 0) is 4.79 Å². The monoisotopic (exact) mass is 328 g/mol.